The third-order valence-corrected chi connectivity index (χ3v) is 3.38. The Kier molecular flexibility index (Phi) is 4.10. The number of hydrogen-bond donors (Lipinski definition) is 1. The van der Waals surface area contributed by atoms with E-state index in [1.54, 1.807) is 6.20 Å². The molecule has 0 saturated carbocycles. The number of nitrogens with one attached hydrogen (secondary N) is 1. The predicted octanol–water partition coefficient (Wildman–Crippen LogP) is 5.34. The summed E-state index contributed by atoms with van der Waals surface area (Å²) in [5, 5.41) is 2.95. The molecule has 0 bridgehead atoms. The molecular weight excluding hydrogens is 342 g/mol. The number of hydrogen-bond acceptors (Lipinski definition) is 2. The molecular formula is C12H8BrCl2FN2. The fourth-order valence-corrected chi connectivity index (χ4v) is 2.44. The van der Waals surface area contributed by atoms with Crippen LogP contribution in [0.25, 0.3) is 0 Å². The number of nitrogens with zero attached hydrogens (tertiary/aromatic N) is 1. The van der Waals surface area contributed by atoms with Crippen LogP contribution in [0.4, 0.5) is 15.9 Å². The molecule has 0 aliphatic heterocycles. The van der Waals surface area contributed by atoms with Crippen molar-refractivity contribution < 1.29 is 4.39 Å². The molecule has 0 radical (unpaired) electrons. The van der Waals surface area contributed by atoms with Crippen molar-refractivity contribution >= 4 is 50.6 Å². The van der Waals surface area contributed by atoms with Gasteiger partial charge in [0.25, 0.3) is 0 Å². The second kappa shape index (κ2) is 5.43. The van der Waals surface area contributed by atoms with Crippen molar-refractivity contribution in [1.29, 1.82) is 0 Å². The third kappa shape index (κ3) is 2.94. The molecule has 2 aromatic rings. The number of anilines is 2. The van der Waals surface area contributed by atoms with Crippen molar-refractivity contribution in [2.24, 2.45) is 0 Å². The highest BCUT2D eigenvalue weighted by atomic mass is 79.9. The number of aryl methyl sites for hydroxylation is 1. The predicted molar refractivity (Wildman–Crippen MR) is 76.4 cm³/mol. The zero-order chi connectivity index (χ0) is 13.3. The smallest absolute Gasteiger partial charge is 0.160 e. The topological polar surface area (TPSA) is 24.9 Å². The summed E-state index contributed by atoms with van der Waals surface area (Å²) in [5.74, 6) is -0.0147. The zero-order valence-electron chi connectivity index (χ0n) is 9.27. The van der Waals surface area contributed by atoms with E-state index in [2.05, 4.69) is 26.2 Å². The molecule has 2 nitrogen and oxygen atoms in total. The molecule has 0 aliphatic carbocycles. The Balaban J connectivity index is 2.34. The molecule has 0 atom stereocenters. The van der Waals surface area contributed by atoms with E-state index in [1.807, 2.05) is 13.0 Å². The number of benzene rings is 1. The molecule has 2 rings (SSSR count). The molecule has 18 heavy (non-hydrogen) atoms. The van der Waals surface area contributed by atoms with E-state index in [4.69, 9.17) is 23.2 Å². The normalized spacial score (nSPS) is 10.5. The largest absolute Gasteiger partial charge is 0.339 e. The van der Waals surface area contributed by atoms with E-state index in [1.165, 1.54) is 12.1 Å². The summed E-state index contributed by atoms with van der Waals surface area (Å²) in [5.41, 5.74) is 1.60. The van der Waals surface area contributed by atoms with Crippen molar-refractivity contribution in [2.75, 3.05) is 5.32 Å². The molecule has 1 heterocycles. The minimum absolute atomic E-state index is 0.0340. The van der Waals surface area contributed by atoms with Gasteiger partial charge in [-0.05, 0) is 46.6 Å². The lowest BCUT2D eigenvalue weighted by atomic mass is 10.3. The van der Waals surface area contributed by atoms with Crippen molar-refractivity contribution in [3.05, 3.63) is 50.3 Å². The van der Waals surface area contributed by atoms with Crippen LogP contribution in [-0.2, 0) is 0 Å². The molecule has 94 valence electrons. The Morgan fingerprint density at radius 1 is 1.22 bits per heavy atom. The summed E-state index contributed by atoms with van der Waals surface area (Å²) in [7, 11) is 0. The van der Waals surface area contributed by atoms with Crippen LogP contribution in [0.3, 0.4) is 0 Å². The lowest BCUT2D eigenvalue weighted by molar-refractivity contribution is 0.629. The number of rotatable bonds is 2. The van der Waals surface area contributed by atoms with Gasteiger partial charge < -0.3 is 5.32 Å². The van der Waals surface area contributed by atoms with E-state index in [0.29, 0.717) is 11.5 Å². The highest BCUT2D eigenvalue weighted by Gasteiger charge is 2.09. The van der Waals surface area contributed by atoms with Crippen LogP contribution >= 0.6 is 39.1 Å². The van der Waals surface area contributed by atoms with E-state index in [0.717, 1.165) is 10.0 Å². The van der Waals surface area contributed by atoms with Crippen molar-refractivity contribution in [3.8, 4) is 0 Å². The van der Waals surface area contributed by atoms with Gasteiger partial charge in [0.2, 0.25) is 0 Å². The first-order chi connectivity index (χ1) is 8.47. The van der Waals surface area contributed by atoms with Gasteiger partial charge in [-0.3, -0.25) is 0 Å². The summed E-state index contributed by atoms with van der Waals surface area (Å²) in [4.78, 5) is 4.22. The number of aromatic nitrogens is 1. The molecule has 0 amide bonds. The lowest BCUT2D eigenvalue weighted by Gasteiger charge is -2.09. The van der Waals surface area contributed by atoms with Crippen LogP contribution in [0.15, 0.2) is 28.9 Å². The van der Waals surface area contributed by atoms with E-state index in [-0.39, 0.29) is 10.0 Å². The van der Waals surface area contributed by atoms with Gasteiger partial charge in [-0.1, -0.05) is 23.2 Å². The van der Waals surface area contributed by atoms with Crippen molar-refractivity contribution in [2.45, 2.75) is 6.92 Å². The second-order valence-corrected chi connectivity index (χ2v) is 5.39. The standard InChI is InChI=1S/C12H8BrCl2FN2/c1-6-2-8(13)12(17-5-6)18-7-3-9(14)11(16)10(15)4-7/h2-5H,1H3,(H,17,18). The average Bonchev–Trinajstić information content (AvgIpc) is 2.29. The Morgan fingerprint density at radius 2 is 1.83 bits per heavy atom. The molecule has 1 N–H and O–H groups in total. The fourth-order valence-electron chi connectivity index (χ4n) is 1.39. The van der Waals surface area contributed by atoms with Gasteiger partial charge in [0.05, 0.1) is 14.5 Å². The van der Waals surface area contributed by atoms with Crippen LogP contribution in [0.2, 0.25) is 10.0 Å². The lowest BCUT2D eigenvalue weighted by Crippen LogP contribution is -1.96. The summed E-state index contributed by atoms with van der Waals surface area (Å²) >= 11 is 14.8. The van der Waals surface area contributed by atoms with E-state index in [9.17, 15) is 4.39 Å². The number of pyridine rings is 1. The molecule has 6 heteroatoms. The first-order valence-corrected chi connectivity index (χ1v) is 6.56. The van der Waals surface area contributed by atoms with Crippen LogP contribution in [-0.4, -0.2) is 4.98 Å². The maximum absolute atomic E-state index is 13.3. The van der Waals surface area contributed by atoms with Crippen molar-refractivity contribution in [3.63, 3.8) is 0 Å². The van der Waals surface area contributed by atoms with Crippen LogP contribution < -0.4 is 5.32 Å². The Morgan fingerprint density at radius 3 is 2.39 bits per heavy atom. The van der Waals surface area contributed by atoms with Gasteiger partial charge in [-0.15, -0.1) is 0 Å². The third-order valence-electron chi connectivity index (χ3n) is 2.22. The maximum Gasteiger partial charge on any atom is 0.160 e. The zero-order valence-corrected chi connectivity index (χ0v) is 12.4. The molecule has 0 spiro atoms. The van der Waals surface area contributed by atoms with Crippen LogP contribution in [0, 0.1) is 12.7 Å². The average molecular weight is 350 g/mol. The highest BCUT2D eigenvalue weighted by molar-refractivity contribution is 9.10. The minimum Gasteiger partial charge on any atom is -0.339 e. The summed E-state index contributed by atoms with van der Waals surface area (Å²) < 4.78 is 14.1. The van der Waals surface area contributed by atoms with Gasteiger partial charge in [0, 0.05) is 11.9 Å². The minimum atomic E-state index is -0.625. The molecule has 0 unspecified atom stereocenters. The van der Waals surface area contributed by atoms with Gasteiger partial charge in [0.1, 0.15) is 5.82 Å². The van der Waals surface area contributed by atoms with Crippen LogP contribution in [0.5, 0.6) is 0 Å². The SMILES string of the molecule is Cc1cnc(Nc2cc(Cl)c(F)c(Cl)c2)c(Br)c1. The van der Waals surface area contributed by atoms with E-state index < -0.39 is 5.82 Å². The quantitative estimate of drug-likeness (QED) is 0.740. The molecule has 0 fully saturated rings. The van der Waals surface area contributed by atoms with Gasteiger partial charge >= 0.3 is 0 Å². The Labute approximate surface area is 122 Å². The summed E-state index contributed by atoms with van der Waals surface area (Å²) in [6, 6.07) is 4.83. The summed E-state index contributed by atoms with van der Waals surface area (Å²) in [6.45, 7) is 1.94. The first-order valence-electron chi connectivity index (χ1n) is 5.01. The Bertz CT molecular complexity index is 582. The fraction of sp³-hybridized carbons (Fsp3) is 0.0833. The highest BCUT2D eigenvalue weighted by Crippen LogP contribution is 2.30. The second-order valence-electron chi connectivity index (χ2n) is 3.72. The Hall–Kier alpha value is -0.840. The molecule has 0 saturated heterocycles. The van der Waals surface area contributed by atoms with Gasteiger partial charge in [-0.2, -0.15) is 0 Å². The molecule has 1 aromatic carbocycles. The van der Waals surface area contributed by atoms with E-state index >= 15 is 0 Å². The maximum atomic E-state index is 13.3. The first kappa shape index (κ1) is 13.6. The monoisotopic (exact) mass is 348 g/mol. The molecule has 0 aliphatic rings. The molecule has 1 aromatic heterocycles. The van der Waals surface area contributed by atoms with Crippen molar-refractivity contribution in [1.82, 2.24) is 4.98 Å². The number of halogens is 4. The van der Waals surface area contributed by atoms with Gasteiger partial charge in [-0.25, -0.2) is 9.37 Å². The summed E-state index contributed by atoms with van der Waals surface area (Å²) in [6.07, 6.45) is 1.72. The van der Waals surface area contributed by atoms with Gasteiger partial charge in [0.15, 0.2) is 5.82 Å². The van der Waals surface area contributed by atoms with Crippen LogP contribution in [0.1, 0.15) is 5.56 Å².